The van der Waals surface area contributed by atoms with Gasteiger partial charge in [-0.2, -0.15) is 0 Å². The van der Waals surface area contributed by atoms with Crippen LogP contribution < -0.4 is 14.8 Å². The molecule has 1 heterocycles. The third-order valence-electron chi connectivity index (χ3n) is 5.03. The van der Waals surface area contributed by atoms with Crippen molar-refractivity contribution in [3.8, 4) is 11.5 Å². The number of hydrogen-bond acceptors (Lipinski definition) is 4. The van der Waals surface area contributed by atoms with Crippen LogP contribution in [0, 0.1) is 0 Å². The van der Waals surface area contributed by atoms with Gasteiger partial charge in [0, 0.05) is 17.8 Å². The Bertz CT molecular complexity index is 1000. The highest BCUT2D eigenvalue weighted by atomic mass is 16.5. The summed E-state index contributed by atoms with van der Waals surface area (Å²) < 4.78 is 11.5. The molecule has 4 rings (SSSR count). The first kappa shape index (κ1) is 18.9. The number of anilines is 1. The molecule has 29 heavy (non-hydrogen) atoms. The molecule has 1 aliphatic heterocycles. The highest BCUT2D eigenvalue weighted by Crippen LogP contribution is 2.41. The molecule has 5 nitrogen and oxygen atoms in total. The first-order valence-corrected chi connectivity index (χ1v) is 9.73. The normalized spacial score (nSPS) is 15.4. The Labute approximate surface area is 170 Å². The van der Waals surface area contributed by atoms with Crippen molar-refractivity contribution in [1.29, 1.82) is 0 Å². The van der Waals surface area contributed by atoms with Gasteiger partial charge >= 0.3 is 0 Å². The second kappa shape index (κ2) is 8.27. The molecule has 0 aliphatic carbocycles. The monoisotopic (exact) mass is 388 g/mol. The summed E-state index contributed by atoms with van der Waals surface area (Å²) in [5, 5.41) is 3.53. The lowest BCUT2D eigenvalue weighted by Crippen LogP contribution is -2.42. The number of carbonyl (C=O) groups excluding carboxylic acids is 1. The molecule has 0 saturated heterocycles. The fourth-order valence-corrected chi connectivity index (χ4v) is 3.72. The van der Waals surface area contributed by atoms with Gasteiger partial charge in [-0.3, -0.25) is 4.79 Å². The van der Waals surface area contributed by atoms with E-state index in [1.807, 2.05) is 84.6 Å². The lowest BCUT2D eigenvalue weighted by atomic mass is 10.0. The smallest absolute Gasteiger partial charge is 0.258 e. The molecule has 1 aliphatic rings. The van der Waals surface area contributed by atoms with Crippen LogP contribution in [0.2, 0.25) is 0 Å². The van der Waals surface area contributed by atoms with Crippen molar-refractivity contribution in [2.24, 2.45) is 0 Å². The highest BCUT2D eigenvalue weighted by molar-refractivity contribution is 6.01. The number of carbonyl (C=O) groups is 1. The van der Waals surface area contributed by atoms with Gasteiger partial charge in [0.15, 0.2) is 11.5 Å². The van der Waals surface area contributed by atoms with E-state index in [2.05, 4.69) is 5.32 Å². The van der Waals surface area contributed by atoms with Crippen LogP contribution in [0.25, 0.3) is 0 Å². The maximum atomic E-state index is 13.4. The predicted octanol–water partition coefficient (Wildman–Crippen LogP) is 4.86. The van der Waals surface area contributed by atoms with Gasteiger partial charge in [0.1, 0.15) is 6.17 Å². The van der Waals surface area contributed by atoms with E-state index >= 15 is 0 Å². The summed E-state index contributed by atoms with van der Waals surface area (Å²) in [5.41, 5.74) is 3.40. The number of nitrogens with one attached hydrogen (secondary N) is 1. The quantitative estimate of drug-likeness (QED) is 0.655. The van der Waals surface area contributed by atoms with Crippen LogP contribution in [0.4, 0.5) is 5.69 Å². The van der Waals surface area contributed by atoms with Crippen LogP contribution in [0.15, 0.2) is 72.8 Å². The molecule has 1 amide bonds. The van der Waals surface area contributed by atoms with Crippen molar-refractivity contribution >= 4 is 11.6 Å². The van der Waals surface area contributed by atoms with E-state index in [1.54, 1.807) is 7.11 Å². The van der Waals surface area contributed by atoms with Crippen molar-refractivity contribution < 1.29 is 14.3 Å². The number of ether oxygens (including phenoxy) is 2. The summed E-state index contributed by atoms with van der Waals surface area (Å²) in [5.74, 6) is 1.29. The highest BCUT2D eigenvalue weighted by Gasteiger charge is 2.35. The van der Waals surface area contributed by atoms with Crippen LogP contribution in [0.5, 0.6) is 11.5 Å². The fourth-order valence-electron chi connectivity index (χ4n) is 3.72. The van der Waals surface area contributed by atoms with Gasteiger partial charge in [-0.05, 0) is 30.7 Å². The van der Waals surface area contributed by atoms with E-state index < -0.39 is 0 Å². The van der Waals surface area contributed by atoms with Gasteiger partial charge in [-0.1, -0.05) is 54.6 Å². The lowest BCUT2D eigenvalue weighted by molar-refractivity contribution is 0.0664. The SMILES string of the molecule is CCOc1cccc([C@@H]2Nc3ccccc3C(=O)N2Cc2ccccc2)c1OC. The minimum atomic E-state index is -0.382. The molecule has 0 saturated carbocycles. The average molecular weight is 388 g/mol. The Morgan fingerprint density at radius 2 is 1.72 bits per heavy atom. The maximum absolute atomic E-state index is 13.4. The standard InChI is InChI=1S/C24H24N2O3/c1-3-29-21-15-9-13-19(22(21)28-2)23-25-20-14-8-7-12-18(20)24(27)26(23)16-17-10-5-4-6-11-17/h4-15,23,25H,3,16H2,1-2H3/t23-/m1/s1. The van der Waals surface area contributed by atoms with Gasteiger partial charge in [-0.15, -0.1) is 0 Å². The molecule has 5 heteroatoms. The minimum absolute atomic E-state index is 0.0166. The van der Waals surface area contributed by atoms with Crippen LogP contribution in [-0.2, 0) is 6.54 Å². The van der Waals surface area contributed by atoms with Gasteiger partial charge < -0.3 is 19.7 Å². The maximum Gasteiger partial charge on any atom is 0.258 e. The fraction of sp³-hybridized carbons (Fsp3) is 0.208. The Balaban J connectivity index is 1.81. The van der Waals surface area contributed by atoms with Gasteiger partial charge in [0.25, 0.3) is 5.91 Å². The summed E-state index contributed by atoms with van der Waals surface area (Å²) in [6.45, 7) is 2.95. The number of fused-ring (bicyclic) bond motifs is 1. The van der Waals surface area contributed by atoms with Crippen molar-refractivity contribution in [1.82, 2.24) is 4.90 Å². The molecule has 0 bridgehead atoms. The average Bonchev–Trinajstić information content (AvgIpc) is 2.76. The predicted molar refractivity (Wildman–Crippen MR) is 113 cm³/mol. The molecular weight excluding hydrogens is 364 g/mol. The van der Waals surface area contributed by atoms with Crippen LogP contribution in [-0.4, -0.2) is 24.5 Å². The summed E-state index contributed by atoms with van der Waals surface area (Å²) in [6, 6.07) is 23.4. The Kier molecular flexibility index (Phi) is 5.38. The van der Waals surface area contributed by atoms with E-state index in [1.165, 1.54) is 0 Å². The van der Waals surface area contributed by atoms with Gasteiger partial charge in [0.05, 0.1) is 19.3 Å². The zero-order chi connectivity index (χ0) is 20.2. The number of para-hydroxylation sites is 2. The number of rotatable bonds is 6. The van der Waals surface area contributed by atoms with E-state index in [9.17, 15) is 4.79 Å². The summed E-state index contributed by atoms with van der Waals surface area (Å²) >= 11 is 0. The number of nitrogens with zero attached hydrogens (tertiary/aromatic N) is 1. The van der Waals surface area contributed by atoms with Crippen molar-refractivity contribution in [3.05, 3.63) is 89.5 Å². The van der Waals surface area contributed by atoms with Crippen LogP contribution in [0.1, 0.15) is 34.6 Å². The second-order valence-electron chi connectivity index (χ2n) is 6.82. The molecular formula is C24H24N2O3. The molecule has 0 unspecified atom stereocenters. The van der Waals surface area contributed by atoms with Crippen molar-refractivity contribution in [3.63, 3.8) is 0 Å². The second-order valence-corrected chi connectivity index (χ2v) is 6.82. The van der Waals surface area contributed by atoms with Crippen LogP contribution >= 0.6 is 0 Å². The van der Waals surface area contributed by atoms with Crippen molar-refractivity contribution in [2.75, 3.05) is 19.0 Å². The van der Waals surface area contributed by atoms with Gasteiger partial charge in [0.2, 0.25) is 0 Å². The molecule has 148 valence electrons. The van der Waals surface area contributed by atoms with Crippen molar-refractivity contribution in [2.45, 2.75) is 19.6 Å². The topological polar surface area (TPSA) is 50.8 Å². The lowest BCUT2D eigenvalue weighted by Gasteiger charge is -2.38. The number of hydrogen-bond donors (Lipinski definition) is 1. The Hall–Kier alpha value is -3.47. The first-order valence-electron chi connectivity index (χ1n) is 9.73. The molecule has 0 aromatic heterocycles. The Morgan fingerprint density at radius 1 is 0.966 bits per heavy atom. The molecule has 1 atom stereocenters. The zero-order valence-corrected chi connectivity index (χ0v) is 16.6. The first-order chi connectivity index (χ1) is 14.2. The third-order valence-corrected chi connectivity index (χ3v) is 5.03. The molecule has 0 fully saturated rings. The van der Waals surface area contributed by atoms with E-state index in [0.29, 0.717) is 30.2 Å². The number of amides is 1. The summed E-state index contributed by atoms with van der Waals surface area (Å²) in [4.78, 5) is 15.3. The van der Waals surface area contributed by atoms with Crippen LogP contribution in [0.3, 0.4) is 0 Å². The number of methoxy groups -OCH3 is 1. The van der Waals surface area contributed by atoms with E-state index in [0.717, 1.165) is 16.8 Å². The summed E-state index contributed by atoms with van der Waals surface area (Å²) in [6.07, 6.45) is -0.382. The largest absolute Gasteiger partial charge is 0.492 e. The molecule has 0 spiro atoms. The molecule has 3 aromatic carbocycles. The van der Waals surface area contributed by atoms with Gasteiger partial charge in [-0.25, -0.2) is 0 Å². The van der Waals surface area contributed by atoms with E-state index in [-0.39, 0.29) is 12.1 Å². The Morgan fingerprint density at radius 3 is 2.48 bits per heavy atom. The minimum Gasteiger partial charge on any atom is -0.492 e. The summed E-state index contributed by atoms with van der Waals surface area (Å²) in [7, 11) is 1.63. The molecule has 1 N–H and O–H groups in total. The third kappa shape index (κ3) is 3.63. The number of benzene rings is 3. The molecule has 0 radical (unpaired) electrons. The van der Waals surface area contributed by atoms with E-state index in [4.69, 9.17) is 9.47 Å². The molecule has 3 aromatic rings. The zero-order valence-electron chi connectivity index (χ0n) is 16.6.